The first-order chi connectivity index (χ1) is 7.77. The Morgan fingerprint density at radius 2 is 2.00 bits per heavy atom. The van der Waals surface area contributed by atoms with Crippen molar-refractivity contribution in [3.05, 3.63) is 12.2 Å². The Balaban J connectivity index is 1.85. The van der Waals surface area contributed by atoms with Gasteiger partial charge in [0.25, 0.3) is 0 Å². The molecule has 1 unspecified atom stereocenters. The van der Waals surface area contributed by atoms with Gasteiger partial charge in [-0.25, -0.2) is 4.79 Å². The lowest BCUT2D eigenvalue weighted by molar-refractivity contribution is -0.131. The molecule has 2 fully saturated rings. The summed E-state index contributed by atoms with van der Waals surface area (Å²) in [6, 6.07) is 0.723. The minimum atomic E-state index is -0.836. The smallest absolute Gasteiger partial charge is 0.328 e. The van der Waals surface area contributed by atoms with Crippen LogP contribution in [0.15, 0.2) is 12.2 Å². The number of rotatable bonds is 4. The minimum Gasteiger partial charge on any atom is -0.478 e. The average Bonchev–Trinajstić information content (AvgIpc) is 2.84. The Morgan fingerprint density at radius 3 is 2.69 bits per heavy atom. The number of nitrogens with zero attached hydrogens (tertiary/aromatic N) is 1. The zero-order valence-corrected chi connectivity index (χ0v) is 9.77. The number of hydrogen-bond acceptors (Lipinski definition) is 2. The first-order valence-electron chi connectivity index (χ1n) is 6.41. The van der Waals surface area contributed by atoms with Gasteiger partial charge in [0.1, 0.15) is 0 Å². The summed E-state index contributed by atoms with van der Waals surface area (Å²) in [5, 5.41) is 8.56. The van der Waals surface area contributed by atoms with Gasteiger partial charge in [-0.2, -0.15) is 0 Å². The summed E-state index contributed by atoms with van der Waals surface area (Å²) >= 11 is 0. The van der Waals surface area contributed by atoms with Crippen molar-refractivity contribution in [2.75, 3.05) is 13.1 Å². The van der Waals surface area contributed by atoms with Crippen molar-refractivity contribution in [2.45, 2.75) is 44.6 Å². The Hall–Kier alpha value is -0.830. The van der Waals surface area contributed by atoms with Crippen molar-refractivity contribution >= 4 is 5.97 Å². The van der Waals surface area contributed by atoms with Crippen LogP contribution < -0.4 is 0 Å². The van der Waals surface area contributed by atoms with Crippen LogP contribution in [0, 0.1) is 5.92 Å². The molecule has 1 saturated heterocycles. The Labute approximate surface area is 97.1 Å². The predicted molar refractivity (Wildman–Crippen MR) is 63.3 cm³/mol. The second-order valence-corrected chi connectivity index (χ2v) is 4.99. The molecule has 0 amide bonds. The lowest BCUT2D eigenvalue weighted by atomic mass is 9.96. The summed E-state index contributed by atoms with van der Waals surface area (Å²) in [5.41, 5.74) is 0. The highest BCUT2D eigenvalue weighted by Gasteiger charge is 2.32. The van der Waals surface area contributed by atoms with Crippen molar-refractivity contribution in [3.8, 4) is 0 Å². The van der Waals surface area contributed by atoms with Crippen molar-refractivity contribution in [2.24, 2.45) is 5.92 Å². The fourth-order valence-corrected chi connectivity index (χ4v) is 3.24. The largest absolute Gasteiger partial charge is 0.478 e. The van der Waals surface area contributed by atoms with Crippen LogP contribution in [0.25, 0.3) is 0 Å². The molecule has 0 aromatic rings. The van der Waals surface area contributed by atoms with E-state index in [1.165, 1.54) is 44.6 Å². The van der Waals surface area contributed by atoms with E-state index in [4.69, 9.17) is 5.11 Å². The van der Waals surface area contributed by atoms with Gasteiger partial charge in [-0.15, -0.1) is 0 Å². The number of likely N-dealkylation sites (tertiary alicyclic amines) is 1. The lowest BCUT2D eigenvalue weighted by Gasteiger charge is -2.28. The Bertz CT molecular complexity index is 269. The molecule has 3 heteroatoms. The molecule has 16 heavy (non-hydrogen) atoms. The maximum Gasteiger partial charge on any atom is 0.328 e. The molecule has 1 aliphatic carbocycles. The number of carboxylic acids is 1. The van der Waals surface area contributed by atoms with E-state index in [2.05, 4.69) is 4.90 Å². The second-order valence-electron chi connectivity index (χ2n) is 4.99. The molecule has 1 atom stereocenters. The van der Waals surface area contributed by atoms with Gasteiger partial charge in [0.2, 0.25) is 0 Å². The van der Waals surface area contributed by atoms with Crippen LogP contribution in [0.4, 0.5) is 0 Å². The molecule has 0 spiro atoms. The quantitative estimate of drug-likeness (QED) is 0.743. The molecule has 3 nitrogen and oxygen atoms in total. The third-order valence-corrected chi connectivity index (χ3v) is 3.96. The fourth-order valence-electron chi connectivity index (χ4n) is 3.24. The lowest BCUT2D eigenvalue weighted by Crippen LogP contribution is -2.34. The van der Waals surface area contributed by atoms with E-state index in [1.54, 1.807) is 6.08 Å². The van der Waals surface area contributed by atoms with Crippen LogP contribution in [-0.2, 0) is 4.79 Å². The first kappa shape index (κ1) is 11.6. The zero-order valence-electron chi connectivity index (χ0n) is 9.77. The predicted octanol–water partition coefficient (Wildman–Crippen LogP) is 2.28. The Morgan fingerprint density at radius 1 is 1.25 bits per heavy atom. The maximum absolute atomic E-state index is 10.4. The zero-order chi connectivity index (χ0) is 11.4. The van der Waals surface area contributed by atoms with Gasteiger partial charge < -0.3 is 5.11 Å². The third-order valence-electron chi connectivity index (χ3n) is 3.96. The van der Waals surface area contributed by atoms with Crippen LogP contribution in [0.5, 0.6) is 0 Å². The van der Waals surface area contributed by atoms with Crippen molar-refractivity contribution in [3.63, 3.8) is 0 Å². The Kier molecular flexibility index (Phi) is 3.99. The second kappa shape index (κ2) is 5.48. The fraction of sp³-hybridized carbons (Fsp3) is 0.769. The highest BCUT2D eigenvalue weighted by molar-refractivity contribution is 5.79. The van der Waals surface area contributed by atoms with Gasteiger partial charge in [0.05, 0.1) is 0 Å². The summed E-state index contributed by atoms with van der Waals surface area (Å²) in [5.74, 6) is 0.0392. The van der Waals surface area contributed by atoms with E-state index in [9.17, 15) is 4.79 Å². The van der Waals surface area contributed by atoms with Crippen molar-refractivity contribution in [1.82, 2.24) is 4.90 Å². The van der Waals surface area contributed by atoms with Crippen LogP contribution in [-0.4, -0.2) is 35.1 Å². The van der Waals surface area contributed by atoms with Gasteiger partial charge in [-0.05, 0) is 38.1 Å². The third kappa shape index (κ3) is 2.85. The van der Waals surface area contributed by atoms with E-state index in [1.807, 2.05) is 0 Å². The van der Waals surface area contributed by atoms with Crippen LogP contribution >= 0.6 is 0 Å². The summed E-state index contributed by atoms with van der Waals surface area (Å²) < 4.78 is 0. The first-order valence-corrected chi connectivity index (χ1v) is 6.41. The average molecular weight is 223 g/mol. The molecule has 2 aliphatic rings. The molecule has 1 N–H and O–H groups in total. The van der Waals surface area contributed by atoms with Crippen molar-refractivity contribution in [1.29, 1.82) is 0 Å². The maximum atomic E-state index is 10.4. The standard InChI is InChI=1S/C13H21NO2/c15-13(16)8-4-10-14-9-3-7-12(14)11-5-1-2-6-11/h4,8,11-12H,1-3,5-7,9-10H2,(H,15,16)/b8-4+. The highest BCUT2D eigenvalue weighted by Crippen LogP contribution is 2.35. The summed E-state index contributed by atoms with van der Waals surface area (Å²) in [6.45, 7) is 1.96. The van der Waals surface area contributed by atoms with E-state index >= 15 is 0 Å². The van der Waals surface area contributed by atoms with Gasteiger partial charge in [0, 0.05) is 18.7 Å². The van der Waals surface area contributed by atoms with Gasteiger partial charge in [-0.1, -0.05) is 18.9 Å². The van der Waals surface area contributed by atoms with E-state index < -0.39 is 5.97 Å². The minimum absolute atomic E-state index is 0.723. The normalized spacial score (nSPS) is 28.1. The molecule has 0 bridgehead atoms. The number of carbonyl (C=O) groups is 1. The number of hydrogen-bond donors (Lipinski definition) is 1. The van der Waals surface area contributed by atoms with E-state index in [-0.39, 0.29) is 0 Å². The highest BCUT2D eigenvalue weighted by atomic mass is 16.4. The molecule has 1 aliphatic heterocycles. The van der Waals surface area contributed by atoms with Gasteiger partial charge in [-0.3, -0.25) is 4.90 Å². The molecular weight excluding hydrogens is 202 g/mol. The van der Waals surface area contributed by atoms with E-state index in [0.29, 0.717) is 0 Å². The molecule has 90 valence electrons. The number of carboxylic acid groups (broad SMARTS) is 1. The SMILES string of the molecule is O=C(O)/C=C/CN1CCCC1C1CCCC1. The van der Waals surface area contributed by atoms with E-state index in [0.717, 1.165) is 25.0 Å². The van der Waals surface area contributed by atoms with Gasteiger partial charge >= 0.3 is 5.97 Å². The summed E-state index contributed by atoms with van der Waals surface area (Å²) in [7, 11) is 0. The molecule has 1 heterocycles. The van der Waals surface area contributed by atoms with Crippen LogP contribution in [0.2, 0.25) is 0 Å². The topological polar surface area (TPSA) is 40.5 Å². The summed E-state index contributed by atoms with van der Waals surface area (Å²) in [4.78, 5) is 12.9. The molecule has 0 aromatic carbocycles. The molecular formula is C13H21NO2. The monoisotopic (exact) mass is 223 g/mol. The molecule has 1 saturated carbocycles. The number of aliphatic carboxylic acids is 1. The van der Waals surface area contributed by atoms with Crippen LogP contribution in [0.3, 0.4) is 0 Å². The van der Waals surface area contributed by atoms with Crippen molar-refractivity contribution < 1.29 is 9.90 Å². The molecule has 0 aromatic heterocycles. The molecule has 2 rings (SSSR count). The summed E-state index contributed by atoms with van der Waals surface area (Å²) in [6.07, 6.45) is 11.2. The van der Waals surface area contributed by atoms with Gasteiger partial charge in [0.15, 0.2) is 0 Å². The molecule has 0 radical (unpaired) electrons. The van der Waals surface area contributed by atoms with Crippen LogP contribution in [0.1, 0.15) is 38.5 Å².